The third kappa shape index (κ3) is 3.88. The van der Waals surface area contributed by atoms with Gasteiger partial charge in [0.15, 0.2) is 17.0 Å². The van der Waals surface area contributed by atoms with Gasteiger partial charge in [0.1, 0.15) is 5.82 Å². The number of ether oxygens (including phenoxy) is 2. The van der Waals surface area contributed by atoms with E-state index in [0.29, 0.717) is 11.8 Å². The Morgan fingerprint density at radius 1 is 1.11 bits per heavy atom. The zero-order valence-electron chi connectivity index (χ0n) is 21.5. The Hall–Kier alpha value is -2.82. The van der Waals surface area contributed by atoms with Crippen molar-refractivity contribution < 1.29 is 9.47 Å². The van der Waals surface area contributed by atoms with Crippen LogP contribution in [0.1, 0.15) is 50.6 Å². The van der Waals surface area contributed by atoms with Gasteiger partial charge in [0.05, 0.1) is 30.3 Å². The highest BCUT2D eigenvalue weighted by atomic mass is 16.5. The molecular weight excluding hydrogens is 468 g/mol. The monoisotopic (exact) mass is 504 g/mol. The quantitative estimate of drug-likeness (QED) is 0.554. The van der Waals surface area contributed by atoms with Crippen molar-refractivity contribution in [2.45, 2.75) is 57.1 Å². The molecule has 3 atom stereocenters. The lowest BCUT2D eigenvalue weighted by atomic mass is 9.73. The molecular formula is C27H36N8O2. The highest BCUT2D eigenvalue weighted by Crippen LogP contribution is 2.45. The SMILES string of the molecule is C[C@@H]1OCC2(CCN(c3cnc4c(N5CCC(C6CCOCC6)c6ncccc65)n[nH]c4n3)CC2)[C@@H]1N. The first kappa shape index (κ1) is 23.3. The minimum atomic E-state index is 0.0901. The first-order chi connectivity index (χ1) is 18.1. The van der Waals surface area contributed by atoms with E-state index in [-0.39, 0.29) is 17.6 Å². The number of H-pyrrole nitrogens is 1. The van der Waals surface area contributed by atoms with Crippen LogP contribution < -0.4 is 15.5 Å². The first-order valence-corrected chi connectivity index (χ1v) is 13.8. The highest BCUT2D eigenvalue weighted by Gasteiger charge is 2.47. The Morgan fingerprint density at radius 3 is 2.73 bits per heavy atom. The van der Waals surface area contributed by atoms with Gasteiger partial charge >= 0.3 is 0 Å². The number of hydrogen-bond donors (Lipinski definition) is 2. The predicted molar refractivity (Wildman–Crippen MR) is 141 cm³/mol. The Morgan fingerprint density at radius 2 is 1.95 bits per heavy atom. The lowest BCUT2D eigenvalue weighted by molar-refractivity contribution is 0.0561. The molecule has 0 saturated carbocycles. The van der Waals surface area contributed by atoms with Crippen LogP contribution in [0, 0.1) is 11.3 Å². The maximum Gasteiger partial charge on any atom is 0.183 e. The fraction of sp³-hybridized carbons (Fsp3) is 0.630. The molecule has 7 heterocycles. The average Bonchev–Trinajstić information content (AvgIpc) is 3.50. The molecule has 3 aromatic rings. The van der Waals surface area contributed by atoms with Crippen molar-refractivity contribution in [3.8, 4) is 0 Å². The fourth-order valence-electron chi connectivity index (χ4n) is 7.02. The molecule has 0 bridgehead atoms. The number of nitrogens with zero attached hydrogens (tertiary/aromatic N) is 6. The topological polar surface area (TPSA) is 118 Å². The summed E-state index contributed by atoms with van der Waals surface area (Å²) in [5, 5.41) is 7.86. The van der Waals surface area contributed by atoms with Gasteiger partial charge in [-0.25, -0.2) is 9.97 Å². The fourth-order valence-corrected chi connectivity index (χ4v) is 7.02. The summed E-state index contributed by atoms with van der Waals surface area (Å²) in [6.45, 7) is 7.26. The van der Waals surface area contributed by atoms with Gasteiger partial charge in [-0.1, -0.05) is 0 Å². The normalized spacial score (nSPS) is 28.2. The van der Waals surface area contributed by atoms with Crippen molar-refractivity contribution in [3.63, 3.8) is 0 Å². The standard InChI is InChI=1S/C27H36N8O2/c1-17-24(28)27(16-37-17)7-11-34(12-8-27)21-15-30-23-25(31-21)32-33-26(23)35-10-4-19(18-5-13-36-14-6-18)22-20(35)3-2-9-29-22/h2-3,9,15,17-19,24H,4-8,10-14,16,28H2,1H3,(H,31,32,33)/t17-,19?,24+/m0/s1. The number of pyridine rings is 1. The third-order valence-corrected chi connectivity index (χ3v) is 9.38. The maximum atomic E-state index is 6.51. The van der Waals surface area contributed by atoms with Gasteiger partial charge in [-0.05, 0) is 57.1 Å². The van der Waals surface area contributed by atoms with Crippen molar-refractivity contribution >= 4 is 28.5 Å². The largest absolute Gasteiger partial charge is 0.381 e. The van der Waals surface area contributed by atoms with Crippen molar-refractivity contribution in [1.29, 1.82) is 0 Å². The molecule has 3 N–H and O–H groups in total. The van der Waals surface area contributed by atoms with Gasteiger partial charge < -0.3 is 25.0 Å². The molecule has 0 amide bonds. The van der Waals surface area contributed by atoms with Crippen LogP contribution in [0.25, 0.3) is 11.2 Å². The summed E-state index contributed by atoms with van der Waals surface area (Å²) in [5.41, 5.74) is 10.4. The number of fused-ring (bicyclic) bond motifs is 2. The van der Waals surface area contributed by atoms with Crippen LogP contribution in [0.2, 0.25) is 0 Å². The number of nitrogens with one attached hydrogen (secondary N) is 1. The number of nitrogens with two attached hydrogens (primary N) is 1. The van der Waals surface area contributed by atoms with Gasteiger partial charge in [0, 0.05) is 56.4 Å². The second-order valence-electron chi connectivity index (χ2n) is 11.3. The van der Waals surface area contributed by atoms with Crippen LogP contribution >= 0.6 is 0 Å². The van der Waals surface area contributed by atoms with E-state index < -0.39 is 0 Å². The molecule has 10 nitrogen and oxygen atoms in total. The molecule has 37 heavy (non-hydrogen) atoms. The van der Waals surface area contributed by atoms with Gasteiger partial charge in [-0.2, -0.15) is 5.10 Å². The number of piperidine rings is 1. The van der Waals surface area contributed by atoms with Crippen molar-refractivity contribution in [3.05, 3.63) is 30.2 Å². The summed E-state index contributed by atoms with van der Waals surface area (Å²) < 4.78 is 11.5. The molecule has 0 aromatic carbocycles. The van der Waals surface area contributed by atoms with E-state index in [1.54, 1.807) is 0 Å². The van der Waals surface area contributed by atoms with Crippen LogP contribution in [0.15, 0.2) is 24.5 Å². The smallest absolute Gasteiger partial charge is 0.183 e. The zero-order valence-corrected chi connectivity index (χ0v) is 21.5. The Kier molecular flexibility index (Phi) is 5.78. The summed E-state index contributed by atoms with van der Waals surface area (Å²) >= 11 is 0. The number of aromatic nitrogens is 5. The van der Waals surface area contributed by atoms with E-state index in [1.165, 1.54) is 5.69 Å². The summed E-state index contributed by atoms with van der Waals surface area (Å²) in [6, 6.07) is 4.28. The van der Waals surface area contributed by atoms with Gasteiger partial charge in [-0.15, -0.1) is 0 Å². The predicted octanol–water partition coefficient (Wildman–Crippen LogP) is 3.13. The van der Waals surface area contributed by atoms with Crippen LogP contribution in [0.4, 0.5) is 17.3 Å². The highest BCUT2D eigenvalue weighted by molar-refractivity contribution is 5.87. The Labute approximate surface area is 216 Å². The molecule has 196 valence electrons. The maximum absolute atomic E-state index is 6.51. The molecule has 7 rings (SSSR count). The number of rotatable bonds is 3. The van der Waals surface area contributed by atoms with Crippen LogP contribution in [0.3, 0.4) is 0 Å². The molecule has 3 aromatic heterocycles. The van der Waals surface area contributed by atoms with E-state index in [1.807, 2.05) is 18.5 Å². The van der Waals surface area contributed by atoms with Gasteiger partial charge in [0.2, 0.25) is 0 Å². The minimum absolute atomic E-state index is 0.0901. The minimum Gasteiger partial charge on any atom is -0.381 e. The van der Waals surface area contributed by atoms with Crippen LogP contribution in [-0.2, 0) is 9.47 Å². The molecule has 3 fully saturated rings. The molecule has 4 aliphatic heterocycles. The van der Waals surface area contributed by atoms with E-state index >= 15 is 0 Å². The van der Waals surface area contributed by atoms with Gasteiger partial charge in [-0.3, -0.25) is 10.1 Å². The molecule has 4 aliphatic rings. The molecule has 1 spiro atoms. The number of aromatic amines is 1. The summed E-state index contributed by atoms with van der Waals surface area (Å²) in [6.07, 6.45) is 9.23. The van der Waals surface area contributed by atoms with Crippen LogP contribution in [0.5, 0.6) is 0 Å². The molecule has 10 heteroatoms. The van der Waals surface area contributed by atoms with E-state index in [0.717, 1.165) is 100 Å². The van der Waals surface area contributed by atoms with E-state index in [2.05, 4.69) is 27.9 Å². The average molecular weight is 505 g/mol. The molecule has 1 unspecified atom stereocenters. The van der Waals surface area contributed by atoms with E-state index in [9.17, 15) is 0 Å². The first-order valence-electron chi connectivity index (χ1n) is 13.8. The Balaban J connectivity index is 1.13. The second-order valence-corrected chi connectivity index (χ2v) is 11.3. The lowest BCUT2D eigenvalue weighted by Gasteiger charge is -2.41. The van der Waals surface area contributed by atoms with Crippen molar-refractivity contribution in [2.75, 3.05) is 49.3 Å². The lowest BCUT2D eigenvalue weighted by Crippen LogP contribution is -2.50. The summed E-state index contributed by atoms with van der Waals surface area (Å²) in [7, 11) is 0. The van der Waals surface area contributed by atoms with Crippen molar-refractivity contribution in [2.24, 2.45) is 17.1 Å². The zero-order chi connectivity index (χ0) is 25.0. The summed E-state index contributed by atoms with van der Waals surface area (Å²) in [4.78, 5) is 19.2. The van der Waals surface area contributed by atoms with Crippen molar-refractivity contribution in [1.82, 2.24) is 25.1 Å². The van der Waals surface area contributed by atoms with Gasteiger partial charge in [0.25, 0.3) is 0 Å². The third-order valence-electron chi connectivity index (χ3n) is 9.38. The molecule has 0 radical (unpaired) electrons. The number of hydrogen-bond acceptors (Lipinski definition) is 9. The molecule has 0 aliphatic carbocycles. The second kappa shape index (κ2) is 9.18. The summed E-state index contributed by atoms with van der Waals surface area (Å²) in [5.74, 6) is 2.80. The molecule has 3 saturated heterocycles. The van der Waals surface area contributed by atoms with E-state index in [4.69, 9.17) is 35.3 Å². The Bertz CT molecular complexity index is 1270. The van der Waals surface area contributed by atoms with Crippen LogP contribution in [-0.4, -0.2) is 76.8 Å². The number of anilines is 3.